The number of rotatable bonds is 2. The first-order chi connectivity index (χ1) is 6.92. The third kappa shape index (κ3) is 1.59. The van der Waals surface area contributed by atoms with Gasteiger partial charge in [-0.05, 0) is 19.1 Å². The summed E-state index contributed by atoms with van der Waals surface area (Å²) in [5, 5.41) is 1.09. The Kier molecular flexibility index (Phi) is 2.45. The molecule has 0 bridgehead atoms. The minimum absolute atomic E-state index is 0.793. The van der Waals surface area contributed by atoms with E-state index in [4.69, 9.17) is 4.74 Å². The molecule has 14 heavy (non-hydrogen) atoms. The molecule has 70 valence electrons. The molecule has 1 aromatic carbocycles. The number of hydrogen-bond donors (Lipinski definition) is 0. The van der Waals surface area contributed by atoms with Gasteiger partial charge in [-0.15, -0.1) is 0 Å². The maximum Gasteiger partial charge on any atom is 0.152 e. The molecule has 0 aliphatic rings. The number of benzene rings is 1. The van der Waals surface area contributed by atoms with Crippen molar-refractivity contribution in [3.8, 4) is 5.75 Å². The summed E-state index contributed by atoms with van der Waals surface area (Å²) >= 11 is 0. The zero-order valence-electron chi connectivity index (χ0n) is 7.97. The number of ether oxygens (including phenoxy) is 1. The van der Waals surface area contributed by atoms with E-state index in [1.165, 1.54) is 0 Å². The first-order valence-corrected chi connectivity index (χ1v) is 4.53. The number of fused-ring (bicyclic) bond motifs is 1. The van der Waals surface area contributed by atoms with Crippen molar-refractivity contribution in [2.75, 3.05) is 0 Å². The van der Waals surface area contributed by atoms with Crippen LogP contribution in [0.15, 0.2) is 48.9 Å². The lowest BCUT2D eigenvalue weighted by atomic mass is 10.2. The molecule has 2 nitrogen and oxygen atoms in total. The van der Waals surface area contributed by atoms with Gasteiger partial charge in [-0.25, -0.2) is 0 Å². The van der Waals surface area contributed by atoms with Crippen LogP contribution in [0.5, 0.6) is 5.75 Å². The van der Waals surface area contributed by atoms with Gasteiger partial charge in [0.2, 0.25) is 0 Å². The van der Waals surface area contributed by atoms with Gasteiger partial charge < -0.3 is 4.74 Å². The molecule has 2 rings (SSSR count). The highest BCUT2D eigenvalue weighted by molar-refractivity contribution is 5.84. The summed E-state index contributed by atoms with van der Waals surface area (Å²) in [4.78, 5) is 4.28. The smallest absolute Gasteiger partial charge is 0.152 e. The maximum absolute atomic E-state index is 5.43. The summed E-state index contributed by atoms with van der Waals surface area (Å²) in [6, 6.07) is 9.83. The largest absolute Gasteiger partial charge is 0.463 e. The second kappa shape index (κ2) is 3.92. The standard InChI is InChI=1S/C12H11NO/c1-2-9-14-11-7-3-5-10-6-4-8-13-12(10)11/h2-9H,1H3/b9-2-. The predicted octanol–water partition coefficient (Wildman–Crippen LogP) is 3.15. The molecule has 0 saturated carbocycles. The molecule has 1 aromatic heterocycles. The van der Waals surface area contributed by atoms with Crippen molar-refractivity contribution < 1.29 is 4.74 Å². The van der Waals surface area contributed by atoms with Crippen molar-refractivity contribution in [1.29, 1.82) is 0 Å². The van der Waals surface area contributed by atoms with Gasteiger partial charge in [0.05, 0.1) is 6.26 Å². The summed E-state index contributed by atoms with van der Waals surface area (Å²) in [5.41, 5.74) is 0.896. The Morgan fingerprint density at radius 1 is 1.21 bits per heavy atom. The van der Waals surface area contributed by atoms with Crippen molar-refractivity contribution >= 4 is 10.9 Å². The van der Waals surface area contributed by atoms with Crippen molar-refractivity contribution in [2.45, 2.75) is 6.92 Å². The Hall–Kier alpha value is -1.83. The van der Waals surface area contributed by atoms with Crippen molar-refractivity contribution in [2.24, 2.45) is 0 Å². The summed E-state index contributed by atoms with van der Waals surface area (Å²) in [6.45, 7) is 1.92. The monoisotopic (exact) mass is 185 g/mol. The molecular formula is C12H11NO. The van der Waals surface area contributed by atoms with Crippen LogP contribution in [0.1, 0.15) is 6.92 Å². The number of allylic oxidation sites excluding steroid dienone is 1. The SMILES string of the molecule is C/C=C\Oc1cccc2cccnc12. The fourth-order valence-corrected chi connectivity index (χ4v) is 1.31. The molecular weight excluding hydrogens is 174 g/mol. The van der Waals surface area contributed by atoms with Gasteiger partial charge in [-0.3, -0.25) is 4.98 Å². The summed E-state index contributed by atoms with van der Waals surface area (Å²) < 4.78 is 5.43. The molecule has 0 saturated heterocycles. The van der Waals surface area contributed by atoms with E-state index in [2.05, 4.69) is 4.98 Å². The van der Waals surface area contributed by atoms with Crippen molar-refractivity contribution in [1.82, 2.24) is 4.98 Å². The molecule has 0 atom stereocenters. The van der Waals surface area contributed by atoms with Crippen LogP contribution in [0.2, 0.25) is 0 Å². The zero-order chi connectivity index (χ0) is 9.80. The summed E-state index contributed by atoms with van der Waals surface area (Å²) in [5.74, 6) is 0.793. The van der Waals surface area contributed by atoms with Gasteiger partial charge in [0.1, 0.15) is 5.52 Å². The highest BCUT2D eigenvalue weighted by Crippen LogP contribution is 2.22. The van der Waals surface area contributed by atoms with Crippen LogP contribution >= 0.6 is 0 Å². The first kappa shape index (κ1) is 8.75. The van der Waals surface area contributed by atoms with Crippen LogP contribution < -0.4 is 4.74 Å². The molecule has 0 N–H and O–H groups in total. The Balaban J connectivity index is 2.53. The molecule has 0 aliphatic carbocycles. The molecule has 0 fully saturated rings. The highest BCUT2D eigenvalue weighted by Gasteiger charge is 1.99. The van der Waals surface area contributed by atoms with E-state index in [0.29, 0.717) is 0 Å². The number of pyridine rings is 1. The van der Waals surface area contributed by atoms with Crippen LogP contribution in [0.3, 0.4) is 0 Å². The van der Waals surface area contributed by atoms with Crippen molar-refractivity contribution in [3.05, 3.63) is 48.9 Å². The van der Waals surface area contributed by atoms with Gasteiger partial charge in [0, 0.05) is 11.6 Å². The Morgan fingerprint density at radius 2 is 2.07 bits per heavy atom. The van der Waals surface area contributed by atoms with E-state index in [1.54, 1.807) is 12.5 Å². The Labute approximate surface area is 82.9 Å². The lowest BCUT2D eigenvalue weighted by molar-refractivity contribution is 0.485. The lowest BCUT2D eigenvalue weighted by Gasteiger charge is -2.03. The van der Waals surface area contributed by atoms with Gasteiger partial charge in [-0.1, -0.05) is 24.3 Å². The molecule has 0 unspecified atom stereocenters. The normalized spacial score (nSPS) is 10.9. The van der Waals surface area contributed by atoms with E-state index >= 15 is 0 Å². The minimum Gasteiger partial charge on any atom is -0.463 e. The third-order valence-corrected chi connectivity index (χ3v) is 1.93. The third-order valence-electron chi connectivity index (χ3n) is 1.93. The van der Waals surface area contributed by atoms with E-state index in [0.717, 1.165) is 16.7 Å². The van der Waals surface area contributed by atoms with Crippen LogP contribution in [0, 0.1) is 0 Å². The van der Waals surface area contributed by atoms with Crippen LogP contribution in [0.25, 0.3) is 10.9 Å². The average molecular weight is 185 g/mol. The van der Waals surface area contributed by atoms with Gasteiger partial charge in [0.15, 0.2) is 5.75 Å². The predicted molar refractivity (Wildman–Crippen MR) is 57.2 cm³/mol. The van der Waals surface area contributed by atoms with E-state index < -0.39 is 0 Å². The Morgan fingerprint density at radius 3 is 2.93 bits per heavy atom. The molecule has 0 amide bonds. The van der Waals surface area contributed by atoms with E-state index in [-0.39, 0.29) is 0 Å². The second-order valence-electron chi connectivity index (χ2n) is 2.92. The first-order valence-electron chi connectivity index (χ1n) is 4.53. The lowest BCUT2D eigenvalue weighted by Crippen LogP contribution is -1.85. The summed E-state index contributed by atoms with van der Waals surface area (Å²) in [7, 11) is 0. The molecule has 2 aromatic rings. The molecule has 0 aliphatic heterocycles. The molecule has 0 radical (unpaired) electrons. The number of aromatic nitrogens is 1. The van der Waals surface area contributed by atoms with Crippen molar-refractivity contribution in [3.63, 3.8) is 0 Å². The maximum atomic E-state index is 5.43. The van der Waals surface area contributed by atoms with Crippen LogP contribution in [-0.4, -0.2) is 4.98 Å². The molecule has 0 spiro atoms. The fourth-order valence-electron chi connectivity index (χ4n) is 1.31. The Bertz CT molecular complexity index is 457. The van der Waals surface area contributed by atoms with Gasteiger partial charge in [0.25, 0.3) is 0 Å². The van der Waals surface area contributed by atoms with Crippen LogP contribution in [0.4, 0.5) is 0 Å². The quantitative estimate of drug-likeness (QED) is 0.670. The van der Waals surface area contributed by atoms with E-state index in [1.807, 2.05) is 43.3 Å². The highest BCUT2D eigenvalue weighted by atomic mass is 16.5. The fraction of sp³-hybridized carbons (Fsp3) is 0.0833. The summed E-state index contributed by atoms with van der Waals surface area (Å²) in [6.07, 6.45) is 5.27. The minimum atomic E-state index is 0.793. The van der Waals surface area contributed by atoms with Crippen LogP contribution in [-0.2, 0) is 0 Å². The van der Waals surface area contributed by atoms with Gasteiger partial charge in [-0.2, -0.15) is 0 Å². The zero-order valence-corrected chi connectivity index (χ0v) is 7.97. The topological polar surface area (TPSA) is 22.1 Å². The van der Waals surface area contributed by atoms with E-state index in [9.17, 15) is 0 Å². The number of nitrogens with zero attached hydrogens (tertiary/aromatic N) is 1. The average Bonchev–Trinajstić information content (AvgIpc) is 2.26. The molecule has 1 heterocycles. The molecule has 2 heteroatoms. The number of hydrogen-bond acceptors (Lipinski definition) is 2. The number of para-hydroxylation sites is 1. The second-order valence-corrected chi connectivity index (χ2v) is 2.92. The van der Waals surface area contributed by atoms with Gasteiger partial charge >= 0.3 is 0 Å².